The maximum atomic E-state index is 12.2. The molecule has 1 saturated heterocycles. The van der Waals surface area contributed by atoms with E-state index in [1.54, 1.807) is 18.2 Å². The van der Waals surface area contributed by atoms with Gasteiger partial charge in [0.2, 0.25) is 5.91 Å². The number of piperidine rings is 1. The van der Waals surface area contributed by atoms with Crippen molar-refractivity contribution in [1.29, 1.82) is 0 Å². The number of fused-ring (bicyclic) bond motifs is 1. The van der Waals surface area contributed by atoms with E-state index >= 15 is 0 Å². The van der Waals surface area contributed by atoms with E-state index in [0.29, 0.717) is 10.3 Å². The smallest absolute Gasteiger partial charge is 0.295 e. The third-order valence-corrected chi connectivity index (χ3v) is 3.64. The highest BCUT2D eigenvalue weighted by atomic mass is 79.9. The van der Waals surface area contributed by atoms with Crippen molar-refractivity contribution < 1.29 is 9.59 Å². The molecule has 19 heavy (non-hydrogen) atoms. The van der Waals surface area contributed by atoms with Gasteiger partial charge in [-0.15, -0.1) is 5.10 Å². The quantitative estimate of drug-likeness (QED) is 0.601. The van der Waals surface area contributed by atoms with Gasteiger partial charge >= 0.3 is 5.69 Å². The van der Waals surface area contributed by atoms with E-state index in [2.05, 4.69) is 26.3 Å². The lowest BCUT2D eigenvalue weighted by molar-refractivity contribution is -0.136. The molecule has 3 heterocycles. The highest BCUT2D eigenvalue weighted by Crippen LogP contribution is 2.17. The minimum atomic E-state index is -0.739. The Morgan fingerprint density at radius 3 is 2.79 bits per heavy atom. The summed E-state index contributed by atoms with van der Waals surface area (Å²) in [6, 6.07) is 4.40. The molecule has 0 saturated carbocycles. The summed E-state index contributed by atoms with van der Waals surface area (Å²) in [5.74, 6) is -0.808. The molecule has 8 heteroatoms. The number of pyridine rings is 1. The van der Waals surface area contributed by atoms with Gasteiger partial charge in [-0.1, -0.05) is 6.07 Å². The average molecular weight is 325 g/mol. The molecular weight excluding hydrogens is 316 g/mol. The number of hydrogen-bond acceptors (Lipinski definition) is 4. The summed E-state index contributed by atoms with van der Waals surface area (Å²) in [7, 11) is 0. The third kappa shape index (κ3) is 1.88. The van der Waals surface area contributed by atoms with Crippen molar-refractivity contribution >= 4 is 33.4 Å². The van der Waals surface area contributed by atoms with Gasteiger partial charge in [0.25, 0.3) is 5.91 Å². The number of halogens is 1. The van der Waals surface area contributed by atoms with E-state index in [1.165, 1.54) is 4.40 Å². The van der Waals surface area contributed by atoms with Crippen LogP contribution >= 0.6 is 15.9 Å². The van der Waals surface area contributed by atoms with Crippen molar-refractivity contribution in [3.8, 4) is 0 Å². The summed E-state index contributed by atoms with van der Waals surface area (Å²) in [5.41, 5.74) is 0.0426. The first-order chi connectivity index (χ1) is 9.08. The van der Waals surface area contributed by atoms with E-state index < -0.39 is 17.6 Å². The largest absolute Gasteiger partial charge is 0.352 e. The Kier molecular flexibility index (Phi) is 2.74. The number of nitrogens with one attached hydrogen (secondary N) is 1. The SMILES string of the molecule is O=C1CCC(n2nc3cccc(Br)n3c2=O)C(=O)N1. The lowest BCUT2D eigenvalue weighted by atomic mass is 10.1. The van der Waals surface area contributed by atoms with Crippen LogP contribution in [0.15, 0.2) is 27.6 Å². The molecule has 1 aliphatic rings. The summed E-state index contributed by atoms with van der Waals surface area (Å²) in [6.07, 6.45) is 0.490. The second-order valence-corrected chi connectivity index (χ2v) is 5.05. The van der Waals surface area contributed by atoms with Gasteiger partial charge in [-0.2, -0.15) is 4.68 Å². The molecule has 98 valence electrons. The van der Waals surface area contributed by atoms with Crippen LogP contribution < -0.4 is 11.0 Å². The van der Waals surface area contributed by atoms with E-state index in [9.17, 15) is 14.4 Å². The van der Waals surface area contributed by atoms with Crippen LogP contribution in [0, 0.1) is 0 Å². The summed E-state index contributed by atoms with van der Waals surface area (Å²) >= 11 is 3.26. The van der Waals surface area contributed by atoms with Crippen LogP contribution in [0.25, 0.3) is 5.65 Å². The zero-order chi connectivity index (χ0) is 13.6. The first-order valence-corrected chi connectivity index (χ1v) is 6.47. The number of carbonyl (C=O) groups is 2. The summed E-state index contributed by atoms with van der Waals surface area (Å²) in [6.45, 7) is 0. The lowest BCUT2D eigenvalue weighted by Gasteiger charge is -2.19. The molecule has 1 atom stereocenters. The normalized spacial score (nSPS) is 19.7. The molecule has 7 nitrogen and oxygen atoms in total. The zero-order valence-corrected chi connectivity index (χ0v) is 11.3. The minimum Gasteiger partial charge on any atom is -0.295 e. The minimum absolute atomic E-state index is 0.206. The molecular formula is C11H9BrN4O3. The maximum absolute atomic E-state index is 12.2. The van der Waals surface area contributed by atoms with E-state index in [4.69, 9.17) is 0 Å². The van der Waals surface area contributed by atoms with Gasteiger partial charge in [0.05, 0.1) is 4.60 Å². The number of amides is 2. The molecule has 2 aromatic heterocycles. The predicted octanol–water partition coefficient (Wildman–Crippen LogP) is 0.236. The Morgan fingerprint density at radius 2 is 2.11 bits per heavy atom. The van der Waals surface area contributed by atoms with Gasteiger partial charge in [0, 0.05) is 6.42 Å². The van der Waals surface area contributed by atoms with Crippen LogP contribution in [0.2, 0.25) is 0 Å². The Balaban J connectivity index is 2.14. The fourth-order valence-corrected chi connectivity index (χ4v) is 2.60. The number of hydrogen-bond donors (Lipinski definition) is 1. The molecule has 1 aliphatic heterocycles. The second-order valence-electron chi connectivity index (χ2n) is 4.24. The van der Waals surface area contributed by atoms with E-state index in [-0.39, 0.29) is 18.7 Å². The third-order valence-electron chi connectivity index (χ3n) is 3.02. The van der Waals surface area contributed by atoms with Gasteiger partial charge in [0.1, 0.15) is 6.04 Å². The first-order valence-electron chi connectivity index (χ1n) is 5.67. The van der Waals surface area contributed by atoms with Gasteiger partial charge < -0.3 is 0 Å². The maximum Gasteiger partial charge on any atom is 0.352 e. The van der Waals surface area contributed by atoms with Crippen LogP contribution in [0.4, 0.5) is 0 Å². The van der Waals surface area contributed by atoms with Gasteiger partial charge in [-0.25, -0.2) is 9.20 Å². The number of imide groups is 1. The van der Waals surface area contributed by atoms with Crippen LogP contribution in [0.1, 0.15) is 18.9 Å². The van der Waals surface area contributed by atoms with Crippen molar-refractivity contribution in [2.24, 2.45) is 0 Å². The molecule has 0 spiro atoms. The summed E-state index contributed by atoms with van der Waals surface area (Å²) in [5, 5.41) is 6.35. The topological polar surface area (TPSA) is 85.5 Å². The Hall–Kier alpha value is -1.96. The van der Waals surface area contributed by atoms with Crippen molar-refractivity contribution in [3.63, 3.8) is 0 Å². The molecule has 0 aromatic carbocycles. The van der Waals surface area contributed by atoms with Crippen molar-refractivity contribution in [2.45, 2.75) is 18.9 Å². The van der Waals surface area contributed by atoms with Gasteiger partial charge in [-0.05, 0) is 34.5 Å². The molecule has 2 amide bonds. The Labute approximate surface area is 115 Å². The van der Waals surface area contributed by atoms with Gasteiger partial charge in [-0.3, -0.25) is 14.9 Å². The highest BCUT2D eigenvalue weighted by molar-refractivity contribution is 9.10. The van der Waals surface area contributed by atoms with Crippen molar-refractivity contribution in [1.82, 2.24) is 19.5 Å². The van der Waals surface area contributed by atoms with Crippen LogP contribution in [0.5, 0.6) is 0 Å². The molecule has 0 bridgehead atoms. The predicted molar refractivity (Wildman–Crippen MR) is 68.6 cm³/mol. The van der Waals surface area contributed by atoms with E-state index in [1.807, 2.05) is 0 Å². The molecule has 2 aromatic rings. The number of nitrogens with zero attached hydrogens (tertiary/aromatic N) is 3. The van der Waals surface area contributed by atoms with Gasteiger partial charge in [0.15, 0.2) is 5.65 Å². The number of aromatic nitrogens is 3. The van der Waals surface area contributed by atoms with Crippen molar-refractivity contribution in [3.05, 3.63) is 33.3 Å². The highest BCUT2D eigenvalue weighted by Gasteiger charge is 2.30. The van der Waals surface area contributed by atoms with Crippen LogP contribution in [0.3, 0.4) is 0 Å². The molecule has 1 N–H and O–H groups in total. The average Bonchev–Trinajstić information content (AvgIpc) is 2.68. The zero-order valence-electron chi connectivity index (χ0n) is 9.67. The van der Waals surface area contributed by atoms with Crippen LogP contribution in [-0.2, 0) is 9.59 Å². The standard InChI is InChI=1S/C11H9BrN4O3/c12-7-2-1-3-8-14-16(11(19)15(7)8)6-4-5-9(17)13-10(6)18/h1-3,6H,4-5H2,(H,13,17,18). The lowest BCUT2D eigenvalue weighted by Crippen LogP contribution is -2.44. The van der Waals surface area contributed by atoms with Crippen molar-refractivity contribution in [2.75, 3.05) is 0 Å². The second kappa shape index (κ2) is 4.30. The monoisotopic (exact) mass is 324 g/mol. The fourth-order valence-electron chi connectivity index (χ4n) is 2.11. The number of carbonyl (C=O) groups excluding carboxylic acids is 2. The Morgan fingerprint density at radius 1 is 1.32 bits per heavy atom. The summed E-state index contributed by atoms with van der Waals surface area (Å²) < 4.78 is 3.06. The first kappa shape index (κ1) is 12.1. The van der Waals surface area contributed by atoms with Crippen LogP contribution in [-0.4, -0.2) is 26.0 Å². The van der Waals surface area contributed by atoms with E-state index in [0.717, 1.165) is 4.68 Å². The Bertz CT molecular complexity index is 748. The summed E-state index contributed by atoms with van der Waals surface area (Å²) in [4.78, 5) is 35.1. The number of rotatable bonds is 1. The molecule has 0 radical (unpaired) electrons. The molecule has 0 aliphatic carbocycles. The molecule has 3 rings (SSSR count). The fraction of sp³-hybridized carbons (Fsp3) is 0.273. The molecule has 1 fully saturated rings. The molecule has 1 unspecified atom stereocenters.